The molecule has 1 heterocycles. The second kappa shape index (κ2) is 8.62. The summed E-state index contributed by atoms with van der Waals surface area (Å²) in [7, 11) is 0. The van der Waals surface area contributed by atoms with Crippen molar-refractivity contribution in [3.8, 4) is 0 Å². The minimum Gasteiger partial charge on any atom is -0.338 e. The third kappa shape index (κ3) is 4.52. The molecule has 1 aliphatic rings. The van der Waals surface area contributed by atoms with Crippen LogP contribution in [0.1, 0.15) is 15.9 Å². The van der Waals surface area contributed by atoms with Crippen molar-refractivity contribution in [3.05, 3.63) is 75.8 Å². The summed E-state index contributed by atoms with van der Waals surface area (Å²) in [6.07, 6.45) is 0.474. The first-order chi connectivity index (χ1) is 13.5. The molecule has 8 nitrogen and oxygen atoms in total. The lowest BCUT2D eigenvalue weighted by Gasteiger charge is -2.36. The van der Waals surface area contributed by atoms with Crippen molar-refractivity contribution >= 4 is 17.5 Å². The van der Waals surface area contributed by atoms with Crippen molar-refractivity contribution < 1.29 is 14.5 Å². The largest absolute Gasteiger partial charge is 0.338 e. The summed E-state index contributed by atoms with van der Waals surface area (Å²) in [4.78, 5) is 38.7. The van der Waals surface area contributed by atoms with Crippen molar-refractivity contribution in [2.45, 2.75) is 12.5 Å². The molecule has 0 radical (unpaired) electrons. The van der Waals surface area contributed by atoms with Gasteiger partial charge in [-0.3, -0.25) is 19.7 Å². The maximum Gasteiger partial charge on any atom is 0.269 e. The quantitative estimate of drug-likeness (QED) is 0.622. The molecule has 0 aromatic heterocycles. The van der Waals surface area contributed by atoms with E-state index in [4.69, 9.17) is 5.73 Å². The normalized spacial score (nSPS) is 15.2. The van der Waals surface area contributed by atoms with Crippen molar-refractivity contribution in [1.82, 2.24) is 9.80 Å². The molecular weight excluding hydrogens is 360 g/mol. The molecule has 0 spiro atoms. The van der Waals surface area contributed by atoms with E-state index in [9.17, 15) is 19.7 Å². The van der Waals surface area contributed by atoms with Gasteiger partial charge in [-0.2, -0.15) is 0 Å². The molecule has 2 amide bonds. The van der Waals surface area contributed by atoms with Gasteiger partial charge in [0.15, 0.2) is 0 Å². The van der Waals surface area contributed by atoms with E-state index in [1.54, 1.807) is 9.80 Å². The Morgan fingerprint density at radius 2 is 1.54 bits per heavy atom. The van der Waals surface area contributed by atoms with Gasteiger partial charge in [-0.15, -0.1) is 0 Å². The predicted molar refractivity (Wildman–Crippen MR) is 104 cm³/mol. The fourth-order valence-corrected chi connectivity index (χ4v) is 3.23. The molecule has 0 saturated carbocycles. The summed E-state index contributed by atoms with van der Waals surface area (Å²) in [6, 6.07) is 14.5. The van der Waals surface area contributed by atoms with E-state index < -0.39 is 11.0 Å². The van der Waals surface area contributed by atoms with Crippen LogP contribution >= 0.6 is 0 Å². The Bertz CT molecular complexity index is 846. The lowest BCUT2D eigenvalue weighted by molar-refractivity contribution is -0.384. The van der Waals surface area contributed by atoms with Crippen molar-refractivity contribution in [1.29, 1.82) is 0 Å². The van der Waals surface area contributed by atoms with E-state index in [1.165, 1.54) is 24.3 Å². The summed E-state index contributed by atoms with van der Waals surface area (Å²) in [5.74, 6) is -0.318. The van der Waals surface area contributed by atoms with Gasteiger partial charge in [0.2, 0.25) is 5.91 Å². The molecular formula is C20H22N4O4. The number of piperazine rings is 1. The number of carbonyl (C=O) groups is 2. The first kappa shape index (κ1) is 19.5. The molecule has 2 aromatic carbocycles. The van der Waals surface area contributed by atoms with Gasteiger partial charge in [-0.25, -0.2) is 0 Å². The highest BCUT2D eigenvalue weighted by Gasteiger charge is 2.27. The van der Waals surface area contributed by atoms with E-state index >= 15 is 0 Å². The Balaban J connectivity index is 1.54. The van der Waals surface area contributed by atoms with E-state index in [0.717, 1.165) is 5.56 Å². The van der Waals surface area contributed by atoms with Crippen molar-refractivity contribution in [2.75, 3.05) is 26.2 Å². The van der Waals surface area contributed by atoms with Gasteiger partial charge in [0.05, 0.1) is 11.0 Å². The molecule has 1 saturated heterocycles. The molecule has 8 heteroatoms. The molecule has 0 bridgehead atoms. The lowest BCUT2D eigenvalue weighted by atomic mass is 10.1. The fourth-order valence-electron chi connectivity index (χ4n) is 3.23. The fraction of sp³-hybridized carbons (Fsp3) is 0.300. The monoisotopic (exact) mass is 382 g/mol. The SMILES string of the molecule is N[C@@H](Cc1ccccc1)C(=O)N1CCN(C(=O)c2ccc([N+](=O)[O-])cc2)CC1. The average Bonchev–Trinajstić information content (AvgIpc) is 2.73. The van der Waals surface area contributed by atoms with Crippen molar-refractivity contribution in [3.63, 3.8) is 0 Å². The maximum atomic E-state index is 12.6. The zero-order valence-electron chi connectivity index (χ0n) is 15.4. The molecule has 0 aliphatic carbocycles. The highest BCUT2D eigenvalue weighted by Crippen LogP contribution is 2.15. The molecule has 28 heavy (non-hydrogen) atoms. The smallest absolute Gasteiger partial charge is 0.269 e. The molecule has 1 fully saturated rings. The van der Waals surface area contributed by atoms with Crippen LogP contribution in [0.25, 0.3) is 0 Å². The second-order valence-electron chi connectivity index (χ2n) is 6.72. The van der Waals surface area contributed by atoms with Crippen LogP contribution in [0.4, 0.5) is 5.69 Å². The van der Waals surface area contributed by atoms with Crippen LogP contribution in [0, 0.1) is 10.1 Å². The number of hydrogen-bond acceptors (Lipinski definition) is 5. The van der Waals surface area contributed by atoms with Crippen LogP contribution in [0.2, 0.25) is 0 Å². The maximum absolute atomic E-state index is 12.6. The van der Waals surface area contributed by atoms with Gasteiger partial charge >= 0.3 is 0 Å². The molecule has 2 N–H and O–H groups in total. The predicted octanol–water partition coefficient (Wildman–Crippen LogP) is 1.45. The zero-order chi connectivity index (χ0) is 20.1. The third-order valence-electron chi connectivity index (χ3n) is 4.82. The number of benzene rings is 2. The van der Waals surface area contributed by atoms with E-state index in [-0.39, 0.29) is 17.5 Å². The lowest BCUT2D eigenvalue weighted by Crippen LogP contribution is -2.54. The number of hydrogen-bond donors (Lipinski definition) is 1. The second-order valence-corrected chi connectivity index (χ2v) is 6.72. The highest BCUT2D eigenvalue weighted by molar-refractivity contribution is 5.94. The zero-order valence-corrected chi connectivity index (χ0v) is 15.4. The Morgan fingerprint density at radius 1 is 0.964 bits per heavy atom. The molecule has 146 valence electrons. The minimum atomic E-state index is -0.612. The summed E-state index contributed by atoms with van der Waals surface area (Å²) in [5.41, 5.74) is 7.43. The van der Waals surface area contributed by atoms with Crippen molar-refractivity contribution in [2.24, 2.45) is 5.73 Å². The molecule has 0 unspecified atom stereocenters. The molecule has 1 aliphatic heterocycles. The van der Waals surface area contributed by atoms with Gasteiger partial charge < -0.3 is 15.5 Å². The van der Waals surface area contributed by atoms with Crippen LogP contribution < -0.4 is 5.73 Å². The third-order valence-corrected chi connectivity index (χ3v) is 4.82. The van der Waals surface area contributed by atoms with E-state index in [2.05, 4.69) is 0 Å². The van der Waals surface area contributed by atoms with Gasteiger partial charge in [-0.05, 0) is 24.1 Å². The molecule has 3 rings (SSSR count). The van der Waals surface area contributed by atoms with Gasteiger partial charge in [0.25, 0.3) is 11.6 Å². The van der Waals surface area contributed by atoms with Crippen LogP contribution in [0.15, 0.2) is 54.6 Å². The number of amides is 2. The van der Waals surface area contributed by atoms with Gasteiger partial charge in [-0.1, -0.05) is 30.3 Å². The topological polar surface area (TPSA) is 110 Å². The first-order valence-corrected chi connectivity index (χ1v) is 9.07. The number of carbonyl (C=O) groups excluding carboxylic acids is 2. The van der Waals surface area contributed by atoms with Gasteiger partial charge in [0.1, 0.15) is 0 Å². The Labute approximate surface area is 162 Å². The summed E-state index contributed by atoms with van der Waals surface area (Å²) in [5, 5.41) is 10.7. The number of rotatable bonds is 5. The van der Waals surface area contributed by atoms with Crippen LogP contribution in [-0.4, -0.2) is 58.8 Å². The van der Waals surface area contributed by atoms with Gasteiger partial charge in [0, 0.05) is 43.9 Å². The Hall–Kier alpha value is -3.26. The number of nitro benzene ring substituents is 1. The van der Waals surface area contributed by atoms with Crippen LogP contribution in [0.3, 0.4) is 0 Å². The van der Waals surface area contributed by atoms with Crippen LogP contribution in [-0.2, 0) is 11.2 Å². The Morgan fingerprint density at radius 3 is 2.11 bits per heavy atom. The Kier molecular flexibility index (Phi) is 6.00. The van der Waals surface area contributed by atoms with E-state index in [1.807, 2.05) is 30.3 Å². The summed E-state index contributed by atoms with van der Waals surface area (Å²) in [6.45, 7) is 1.64. The summed E-state index contributed by atoms with van der Waals surface area (Å²) < 4.78 is 0. The molecule has 1 atom stereocenters. The number of nitrogens with two attached hydrogens (primary N) is 1. The first-order valence-electron chi connectivity index (χ1n) is 9.07. The minimum absolute atomic E-state index is 0.0561. The summed E-state index contributed by atoms with van der Waals surface area (Å²) >= 11 is 0. The number of nitrogens with zero attached hydrogens (tertiary/aromatic N) is 3. The van der Waals surface area contributed by atoms with Crippen LogP contribution in [0.5, 0.6) is 0 Å². The standard InChI is InChI=1S/C20H22N4O4/c21-18(14-15-4-2-1-3-5-15)20(26)23-12-10-22(11-13-23)19(25)16-6-8-17(9-7-16)24(27)28/h1-9,18H,10-14,21H2/t18-/m0/s1. The molecule has 2 aromatic rings. The number of nitro groups is 1. The average molecular weight is 382 g/mol. The highest BCUT2D eigenvalue weighted by atomic mass is 16.6. The van der Waals surface area contributed by atoms with E-state index in [0.29, 0.717) is 38.2 Å². The number of non-ortho nitro benzene ring substituents is 1.